The van der Waals surface area contributed by atoms with Crippen LogP contribution < -0.4 is 10.6 Å². The van der Waals surface area contributed by atoms with Crippen LogP contribution in [0.5, 0.6) is 0 Å². The second-order valence-corrected chi connectivity index (χ2v) is 6.51. The van der Waals surface area contributed by atoms with E-state index in [9.17, 15) is 14.0 Å². The molecule has 0 aliphatic heterocycles. The molecule has 0 fully saturated rings. The van der Waals surface area contributed by atoms with Gasteiger partial charge in [-0.1, -0.05) is 24.3 Å². The van der Waals surface area contributed by atoms with Gasteiger partial charge in [0.15, 0.2) is 5.13 Å². The molecule has 2 N–H and O–H groups in total. The molecule has 0 aliphatic rings. The van der Waals surface area contributed by atoms with E-state index >= 15 is 0 Å². The molecule has 3 aromatic rings. The number of carbonyl (C=O) groups excluding carboxylic acids is 2. The van der Waals surface area contributed by atoms with Gasteiger partial charge >= 0.3 is 0 Å². The van der Waals surface area contributed by atoms with Crippen molar-refractivity contribution in [2.45, 2.75) is 13.3 Å². The van der Waals surface area contributed by atoms with Gasteiger partial charge in [-0.05, 0) is 29.8 Å². The van der Waals surface area contributed by atoms with Crippen LogP contribution in [-0.2, 0) is 16.0 Å². The van der Waals surface area contributed by atoms with Gasteiger partial charge < -0.3 is 10.6 Å². The van der Waals surface area contributed by atoms with Gasteiger partial charge in [0.1, 0.15) is 5.82 Å². The summed E-state index contributed by atoms with van der Waals surface area (Å²) in [5, 5.41) is 7.80. The molecule has 2 amide bonds. The first-order valence-electron chi connectivity index (χ1n) is 7.87. The molecule has 0 aliphatic carbocycles. The predicted molar refractivity (Wildman–Crippen MR) is 101 cm³/mol. The van der Waals surface area contributed by atoms with Crippen LogP contribution in [0.1, 0.15) is 12.5 Å². The zero-order chi connectivity index (χ0) is 18.5. The molecule has 0 saturated heterocycles. The molecular formula is C19H16FN3O2S. The van der Waals surface area contributed by atoms with Gasteiger partial charge in [-0.3, -0.25) is 9.59 Å². The molecule has 3 rings (SSSR count). The van der Waals surface area contributed by atoms with Gasteiger partial charge in [-0.2, -0.15) is 0 Å². The van der Waals surface area contributed by atoms with Crippen molar-refractivity contribution in [2.24, 2.45) is 0 Å². The molecule has 5 nitrogen and oxygen atoms in total. The van der Waals surface area contributed by atoms with Crippen LogP contribution in [0.4, 0.5) is 15.2 Å². The van der Waals surface area contributed by atoms with E-state index in [4.69, 9.17) is 0 Å². The minimum absolute atomic E-state index is 0.127. The first-order chi connectivity index (χ1) is 12.5. The molecule has 26 heavy (non-hydrogen) atoms. The van der Waals surface area contributed by atoms with Crippen molar-refractivity contribution in [2.75, 3.05) is 10.6 Å². The van der Waals surface area contributed by atoms with E-state index in [2.05, 4.69) is 15.6 Å². The summed E-state index contributed by atoms with van der Waals surface area (Å²) in [4.78, 5) is 27.5. The van der Waals surface area contributed by atoms with Gasteiger partial charge in [-0.15, -0.1) is 11.3 Å². The van der Waals surface area contributed by atoms with E-state index in [-0.39, 0.29) is 24.1 Å². The number of aromatic nitrogens is 1. The van der Waals surface area contributed by atoms with Crippen LogP contribution in [0.15, 0.2) is 53.9 Å². The quantitative estimate of drug-likeness (QED) is 0.712. The van der Waals surface area contributed by atoms with Crippen molar-refractivity contribution >= 4 is 34.0 Å². The highest BCUT2D eigenvalue weighted by atomic mass is 32.1. The van der Waals surface area contributed by atoms with Crippen molar-refractivity contribution in [1.29, 1.82) is 0 Å². The molecule has 0 radical (unpaired) electrons. The smallest absolute Gasteiger partial charge is 0.230 e. The lowest BCUT2D eigenvalue weighted by Gasteiger charge is -2.03. The van der Waals surface area contributed by atoms with E-state index in [1.165, 1.54) is 30.4 Å². The summed E-state index contributed by atoms with van der Waals surface area (Å²) < 4.78 is 12.9. The lowest BCUT2D eigenvalue weighted by molar-refractivity contribution is -0.116. The van der Waals surface area contributed by atoms with Crippen LogP contribution in [0.25, 0.3) is 11.3 Å². The Kier molecular flexibility index (Phi) is 5.38. The van der Waals surface area contributed by atoms with Crippen molar-refractivity contribution in [3.8, 4) is 11.3 Å². The van der Waals surface area contributed by atoms with Crippen molar-refractivity contribution in [3.63, 3.8) is 0 Å². The molecular weight excluding hydrogens is 353 g/mol. The largest absolute Gasteiger partial charge is 0.326 e. The van der Waals surface area contributed by atoms with E-state index in [1.807, 2.05) is 17.5 Å². The summed E-state index contributed by atoms with van der Waals surface area (Å²) in [5.74, 6) is -0.667. The number of amides is 2. The first kappa shape index (κ1) is 17.8. The number of nitrogens with one attached hydrogen (secondary N) is 2. The van der Waals surface area contributed by atoms with Crippen LogP contribution in [0.3, 0.4) is 0 Å². The molecule has 0 unspecified atom stereocenters. The Morgan fingerprint density at radius 3 is 2.38 bits per heavy atom. The highest BCUT2D eigenvalue weighted by Crippen LogP contribution is 2.26. The molecule has 7 heteroatoms. The van der Waals surface area contributed by atoms with Gasteiger partial charge in [-0.25, -0.2) is 9.37 Å². The average molecular weight is 369 g/mol. The highest BCUT2D eigenvalue weighted by Gasteiger charge is 2.09. The van der Waals surface area contributed by atoms with E-state index in [0.29, 0.717) is 10.8 Å². The number of anilines is 2. The fourth-order valence-corrected chi connectivity index (χ4v) is 3.08. The van der Waals surface area contributed by atoms with Crippen molar-refractivity contribution < 1.29 is 14.0 Å². The average Bonchev–Trinajstić information content (AvgIpc) is 3.05. The minimum atomic E-state index is -0.330. The maximum Gasteiger partial charge on any atom is 0.230 e. The summed E-state index contributed by atoms with van der Waals surface area (Å²) in [6, 6.07) is 13.1. The molecule has 1 aromatic heterocycles. The summed E-state index contributed by atoms with van der Waals surface area (Å²) in [7, 11) is 0. The predicted octanol–water partition coefficient (Wildman–Crippen LogP) is 4.09. The number of halogens is 1. The zero-order valence-electron chi connectivity index (χ0n) is 14.0. The third-order valence-electron chi connectivity index (χ3n) is 3.53. The van der Waals surface area contributed by atoms with Gasteiger partial charge in [0.05, 0.1) is 12.1 Å². The Bertz CT molecular complexity index is 921. The SMILES string of the molecule is CC(=O)Nc1ccc(-c2csc(NC(=O)Cc3ccc(F)cc3)n2)cc1. The zero-order valence-corrected chi connectivity index (χ0v) is 14.8. The Morgan fingerprint density at radius 2 is 1.73 bits per heavy atom. The van der Waals surface area contributed by atoms with Crippen LogP contribution in [-0.4, -0.2) is 16.8 Å². The molecule has 0 spiro atoms. The van der Waals surface area contributed by atoms with Crippen molar-refractivity contribution in [3.05, 3.63) is 65.3 Å². The number of nitrogens with zero attached hydrogens (tertiary/aromatic N) is 1. The lowest BCUT2D eigenvalue weighted by atomic mass is 10.1. The maximum absolute atomic E-state index is 12.9. The van der Waals surface area contributed by atoms with Gasteiger partial charge in [0.25, 0.3) is 0 Å². The molecule has 2 aromatic carbocycles. The number of rotatable bonds is 5. The summed E-state index contributed by atoms with van der Waals surface area (Å²) >= 11 is 1.33. The number of benzene rings is 2. The molecule has 0 bridgehead atoms. The van der Waals surface area contributed by atoms with Crippen LogP contribution in [0, 0.1) is 5.82 Å². The Hall–Kier alpha value is -3.06. The van der Waals surface area contributed by atoms with E-state index in [1.54, 1.807) is 24.3 Å². The van der Waals surface area contributed by atoms with Crippen LogP contribution in [0.2, 0.25) is 0 Å². The summed E-state index contributed by atoms with van der Waals surface area (Å²) in [5.41, 5.74) is 3.06. The Balaban J connectivity index is 1.63. The second-order valence-electron chi connectivity index (χ2n) is 5.65. The number of carbonyl (C=O) groups is 2. The third kappa shape index (κ3) is 4.73. The minimum Gasteiger partial charge on any atom is -0.326 e. The maximum atomic E-state index is 12.9. The fraction of sp³-hybridized carbons (Fsp3) is 0.105. The third-order valence-corrected chi connectivity index (χ3v) is 4.29. The molecule has 132 valence electrons. The second kappa shape index (κ2) is 7.88. The normalized spacial score (nSPS) is 10.4. The van der Waals surface area contributed by atoms with Crippen LogP contribution >= 0.6 is 11.3 Å². The number of thiazole rings is 1. The fourth-order valence-electron chi connectivity index (χ4n) is 2.34. The number of hydrogen-bond acceptors (Lipinski definition) is 4. The molecule has 0 saturated carbocycles. The monoisotopic (exact) mass is 369 g/mol. The van der Waals surface area contributed by atoms with Gasteiger partial charge in [0.2, 0.25) is 11.8 Å². The lowest BCUT2D eigenvalue weighted by Crippen LogP contribution is -2.14. The summed E-state index contributed by atoms with van der Waals surface area (Å²) in [6.45, 7) is 1.45. The van der Waals surface area contributed by atoms with E-state index < -0.39 is 0 Å². The Morgan fingerprint density at radius 1 is 1.04 bits per heavy atom. The van der Waals surface area contributed by atoms with Gasteiger partial charge in [0, 0.05) is 23.6 Å². The number of hydrogen-bond donors (Lipinski definition) is 2. The summed E-state index contributed by atoms with van der Waals surface area (Å²) in [6.07, 6.45) is 0.153. The van der Waals surface area contributed by atoms with E-state index in [0.717, 1.165) is 16.8 Å². The standard InChI is InChI=1S/C19H16FN3O2S/c1-12(24)21-16-8-4-14(5-9-16)17-11-26-19(22-17)23-18(25)10-13-2-6-15(20)7-3-13/h2-9,11H,10H2,1H3,(H,21,24)(H,22,23,25). The van der Waals surface area contributed by atoms with Crippen molar-refractivity contribution in [1.82, 2.24) is 4.98 Å². The topological polar surface area (TPSA) is 71.1 Å². The Labute approximate surface area is 153 Å². The molecule has 1 heterocycles. The highest BCUT2D eigenvalue weighted by molar-refractivity contribution is 7.14. The molecule has 0 atom stereocenters. The first-order valence-corrected chi connectivity index (χ1v) is 8.75.